The van der Waals surface area contributed by atoms with Crippen LogP contribution >= 0.6 is 11.6 Å². The standard InChI is InChI=1S/C10H11ClN2O3/c11-2-1-8(14)9(15)7-3-6(4-12)10(16)13-5-7/h3,5,8-9,14-15H,1-2H2,(H,13,16). The van der Waals surface area contributed by atoms with E-state index in [1.165, 1.54) is 12.3 Å². The molecule has 0 aliphatic heterocycles. The molecule has 3 N–H and O–H groups in total. The predicted octanol–water partition coefficient (Wildman–Crippen LogP) is 0.270. The van der Waals surface area contributed by atoms with Crippen LogP contribution in [-0.4, -0.2) is 27.2 Å². The van der Waals surface area contributed by atoms with Crippen LogP contribution in [-0.2, 0) is 0 Å². The molecule has 2 atom stereocenters. The predicted molar refractivity (Wildman–Crippen MR) is 58.1 cm³/mol. The Balaban J connectivity index is 2.97. The van der Waals surface area contributed by atoms with Gasteiger partial charge in [-0.2, -0.15) is 5.26 Å². The maximum absolute atomic E-state index is 11.1. The summed E-state index contributed by atoms with van der Waals surface area (Å²) in [5, 5.41) is 27.8. The maximum atomic E-state index is 11.1. The monoisotopic (exact) mass is 242 g/mol. The van der Waals surface area contributed by atoms with Crippen molar-refractivity contribution >= 4 is 11.6 Å². The summed E-state index contributed by atoms with van der Waals surface area (Å²) in [6.45, 7) is 0. The van der Waals surface area contributed by atoms with E-state index in [9.17, 15) is 15.0 Å². The molecule has 0 saturated carbocycles. The van der Waals surface area contributed by atoms with Crippen LogP contribution in [0.2, 0.25) is 0 Å². The summed E-state index contributed by atoms with van der Waals surface area (Å²) in [6, 6.07) is 2.95. The fourth-order valence-corrected chi connectivity index (χ4v) is 1.47. The molecule has 0 saturated heterocycles. The molecule has 1 aromatic rings. The molecule has 5 nitrogen and oxygen atoms in total. The Morgan fingerprint density at radius 3 is 2.81 bits per heavy atom. The van der Waals surface area contributed by atoms with Crippen molar-refractivity contribution < 1.29 is 10.2 Å². The van der Waals surface area contributed by atoms with Crippen molar-refractivity contribution in [2.45, 2.75) is 18.6 Å². The van der Waals surface area contributed by atoms with Gasteiger partial charge in [0.1, 0.15) is 17.7 Å². The van der Waals surface area contributed by atoms with Crippen molar-refractivity contribution in [1.29, 1.82) is 5.26 Å². The molecule has 0 amide bonds. The molecule has 0 bridgehead atoms. The highest BCUT2D eigenvalue weighted by Gasteiger charge is 2.18. The van der Waals surface area contributed by atoms with Gasteiger partial charge in [-0.15, -0.1) is 11.6 Å². The van der Waals surface area contributed by atoms with Crippen LogP contribution in [0.3, 0.4) is 0 Å². The number of nitriles is 1. The van der Waals surface area contributed by atoms with Crippen molar-refractivity contribution in [2.75, 3.05) is 5.88 Å². The number of H-pyrrole nitrogens is 1. The lowest BCUT2D eigenvalue weighted by atomic mass is 10.0. The van der Waals surface area contributed by atoms with Gasteiger partial charge in [-0.1, -0.05) is 0 Å². The minimum Gasteiger partial charge on any atom is -0.390 e. The second-order valence-corrected chi connectivity index (χ2v) is 3.66. The molecule has 1 rings (SSSR count). The first-order valence-electron chi connectivity index (χ1n) is 4.65. The Morgan fingerprint density at radius 1 is 1.56 bits per heavy atom. The quantitative estimate of drug-likeness (QED) is 0.660. The summed E-state index contributed by atoms with van der Waals surface area (Å²) in [5.41, 5.74) is -0.339. The third-order valence-corrected chi connectivity index (χ3v) is 2.38. The van der Waals surface area contributed by atoms with E-state index in [1.807, 2.05) is 0 Å². The maximum Gasteiger partial charge on any atom is 0.265 e. The van der Waals surface area contributed by atoms with E-state index in [4.69, 9.17) is 16.9 Å². The van der Waals surface area contributed by atoms with Gasteiger partial charge in [0.2, 0.25) is 0 Å². The zero-order valence-electron chi connectivity index (χ0n) is 8.35. The van der Waals surface area contributed by atoms with Crippen LogP contribution in [0, 0.1) is 11.3 Å². The second kappa shape index (κ2) is 5.66. The number of nitrogens with one attached hydrogen (secondary N) is 1. The molecule has 0 spiro atoms. The van der Waals surface area contributed by atoms with Gasteiger partial charge in [-0.3, -0.25) is 4.79 Å². The molecule has 16 heavy (non-hydrogen) atoms. The lowest BCUT2D eigenvalue weighted by molar-refractivity contribution is 0.0168. The van der Waals surface area contributed by atoms with Gasteiger partial charge in [0.15, 0.2) is 0 Å². The van der Waals surface area contributed by atoms with Crippen molar-refractivity contribution in [1.82, 2.24) is 4.98 Å². The summed E-state index contributed by atoms with van der Waals surface area (Å²) in [7, 11) is 0. The molecule has 0 fully saturated rings. The lowest BCUT2D eigenvalue weighted by Crippen LogP contribution is -2.20. The summed E-state index contributed by atoms with van der Waals surface area (Å²) in [5.74, 6) is 0.215. The highest BCUT2D eigenvalue weighted by atomic mass is 35.5. The van der Waals surface area contributed by atoms with Crippen molar-refractivity contribution in [3.63, 3.8) is 0 Å². The molecular weight excluding hydrogens is 232 g/mol. The lowest BCUT2D eigenvalue weighted by Gasteiger charge is -2.16. The van der Waals surface area contributed by atoms with E-state index < -0.39 is 17.8 Å². The van der Waals surface area contributed by atoms with E-state index >= 15 is 0 Å². The van der Waals surface area contributed by atoms with Crippen LogP contribution in [0.4, 0.5) is 0 Å². The first kappa shape index (κ1) is 12.7. The minimum absolute atomic E-state index is 0.102. The molecule has 1 heterocycles. The van der Waals surface area contributed by atoms with Crippen molar-refractivity contribution in [2.24, 2.45) is 0 Å². The molecule has 0 radical (unpaired) electrons. The molecule has 0 aromatic carbocycles. The van der Waals surface area contributed by atoms with E-state index in [1.54, 1.807) is 6.07 Å². The molecular formula is C10H11ClN2O3. The number of hydrogen-bond acceptors (Lipinski definition) is 4. The minimum atomic E-state index is -1.16. The number of halogens is 1. The van der Waals surface area contributed by atoms with Gasteiger partial charge >= 0.3 is 0 Å². The number of aromatic nitrogens is 1. The van der Waals surface area contributed by atoms with Gasteiger partial charge < -0.3 is 15.2 Å². The average Bonchev–Trinajstić information content (AvgIpc) is 2.29. The van der Waals surface area contributed by atoms with Gasteiger partial charge in [0.05, 0.1) is 6.10 Å². The summed E-state index contributed by atoms with van der Waals surface area (Å²) >= 11 is 5.43. The van der Waals surface area contributed by atoms with E-state index in [0.29, 0.717) is 0 Å². The van der Waals surface area contributed by atoms with Gasteiger partial charge in [0, 0.05) is 17.6 Å². The number of aliphatic hydroxyl groups is 2. The first-order valence-corrected chi connectivity index (χ1v) is 5.18. The Bertz CT molecular complexity index is 452. The van der Waals surface area contributed by atoms with Gasteiger partial charge in [-0.25, -0.2) is 0 Å². The van der Waals surface area contributed by atoms with Crippen molar-refractivity contribution in [3.05, 3.63) is 33.7 Å². The fraction of sp³-hybridized carbons (Fsp3) is 0.400. The van der Waals surface area contributed by atoms with Crippen LogP contribution in [0.1, 0.15) is 23.7 Å². The second-order valence-electron chi connectivity index (χ2n) is 3.28. The van der Waals surface area contributed by atoms with E-state index in [0.717, 1.165) is 0 Å². The van der Waals surface area contributed by atoms with Crippen molar-refractivity contribution in [3.8, 4) is 6.07 Å². The number of aromatic amines is 1. The largest absolute Gasteiger partial charge is 0.390 e. The zero-order valence-corrected chi connectivity index (χ0v) is 9.11. The fourth-order valence-electron chi connectivity index (χ4n) is 1.25. The molecule has 86 valence electrons. The highest BCUT2D eigenvalue weighted by Crippen LogP contribution is 2.18. The summed E-state index contributed by atoms with van der Waals surface area (Å²) < 4.78 is 0. The normalized spacial score (nSPS) is 14.1. The number of nitrogens with zero attached hydrogens (tertiary/aromatic N) is 1. The summed E-state index contributed by atoms with van der Waals surface area (Å²) in [4.78, 5) is 13.4. The SMILES string of the molecule is N#Cc1cc(C(O)C(O)CCCl)c[nH]c1=O. The molecule has 2 unspecified atom stereocenters. The zero-order chi connectivity index (χ0) is 12.1. The van der Waals surface area contributed by atoms with Crippen LogP contribution in [0.15, 0.2) is 17.1 Å². The molecule has 1 aromatic heterocycles. The van der Waals surface area contributed by atoms with E-state index in [-0.39, 0.29) is 23.4 Å². The Kier molecular flexibility index (Phi) is 4.50. The number of aliphatic hydroxyl groups excluding tert-OH is 2. The van der Waals surface area contributed by atoms with Gasteiger partial charge in [0.25, 0.3) is 5.56 Å². The topological polar surface area (TPSA) is 97.1 Å². The van der Waals surface area contributed by atoms with E-state index in [2.05, 4.69) is 4.98 Å². The number of hydrogen-bond donors (Lipinski definition) is 3. The van der Waals surface area contributed by atoms with Gasteiger partial charge in [-0.05, 0) is 12.5 Å². The smallest absolute Gasteiger partial charge is 0.265 e. The highest BCUT2D eigenvalue weighted by molar-refractivity contribution is 6.17. The molecule has 6 heteroatoms. The summed E-state index contributed by atoms with van der Waals surface area (Å²) in [6.07, 6.45) is -0.688. The van der Waals surface area contributed by atoms with Crippen LogP contribution < -0.4 is 5.56 Å². The Morgan fingerprint density at radius 2 is 2.25 bits per heavy atom. The van der Waals surface area contributed by atoms with Crippen LogP contribution in [0.25, 0.3) is 0 Å². The number of rotatable bonds is 4. The Hall–Kier alpha value is -1.35. The number of alkyl halides is 1. The molecule has 0 aliphatic rings. The first-order chi connectivity index (χ1) is 7.60. The third kappa shape index (κ3) is 2.83. The third-order valence-electron chi connectivity index (χ3n) is 2.16. The molecule has 0 aliphatic carbocycles. The van der Waals surface area contributed by atoms with Crippen LogP contribution in [0.5, 0.6) is 0 Å². The Labute approximate surface area is 96.9 Å². The number of pyridine rings is 1. The average molecular weight is 243 g/mol.